The molecule has 5 nitrogen and oxygen atoms in total. The van der Waals surface area contributed by atoms with Gasteiger partial charge >= 0.3 is 0 Å². The van der Waals surface area contributed by atoms with Gasteiger partial charge in [0, 0.05) is 40.9 Å². The number of pyridine rings is 2. The maximum atomic E-state index is 13.1. The highest BCUT2D eigenvalue weighted by Crippen LogP contribution is 2.27. The number of hydrogen-bond donors (Lipinski definition) is 2. The molecule has 4 rings (SSSR count). The van der Waals surface area contributed by atoms with Crippen LogP contribution in [-0.4, -0.2) is 15.9 Å². The number of rotatable bonds is 5. The number of aromatic nitrogens is 2. The quantitative estimate of drug-likeness (QED) is 0.474. The number of carbonyl (C=O) groups is 1. The minimum absolute atomic E-state index is 0.149. The first-order valence-corrected chi connectivity index (χ1v) is 10.00. The van der Waals surface area contributed by atoms with Gasteiger partial charge in [0.15, 0.2) is 0 Å². The van der Waals surface area contributed by atoms with Crippen LogP contribution < -0.4 is 11.1 Å². The molecule has 2 aromatic heterocycles. The SMILES string of the molecule is NCc1ccc(CNC(=O)c2cc(-c3cccnc3)nc3ccc(Br)cc23)cc1. The van der Waals surface area contributed by atoms with E-state index in [1.165, 1.54) is 0 Å². The van der Waals surface area contributed by atoms with E-state index in [0.717, 1.165) is 32.1 Å². The molecular weight excluding hydrogens is 428 g/mol. The van der Waals surface area contributed by atoms with Crippen LogP contribution in [0.4, 0.5) is 0 Å². The third-order valence-corrected chi connectivity index (χ3v) is 5.18. The molecular formula is C23H19BrN4O. The Morgan fingerprint density at radius 2 is 1.83 bits per heavy atom. The smallest absolute Gasteiger partial charge is 0.252 e. The first-order chi connectivity index (χ1) is 14.1. The van der Waals surface area contributed by atoms with Crippen LogP contribution in [0.1, 0.15) is 21.5 Å². The Labute approximate surface area is 177 Å². The Morgan fingerprint density at radius 1 is 1.03 bits per heavy atom. The fraction of sp³-hybridized carbons (Fsp3) is 0.0870. The zero-order valence-corrected chi connectivity index (χ0v) is 17.2. The Kier molecular flexibility index (Phi) is 5.64. The fourth-order valence-electron chi connectivity index (χ4n) is 3.12. The normalized spacial score (nSPS) is 10.8. The number of benzene rings is 2. The summed E-state index contributed by atoms with van der Waals surface area (Å²) in [6.45, 7) is 0.936. The summed E-state index contributed by atoms with van der Waals surface area (Å²) in [5.41, 5.74) is 10.6. The van der Waals surface area contributed by atoms with Gasteiger partial charge in [0.2, 0.25) is 0 Å². The first kappa shape index (κ1) is 19.2. The second kappa shape index (κ2) is 8.51. The second-order valence-corrected chi connectivity index (χ2v) is 7.58. The molecule has 0 unspecified atom stereocenters. The summed E-state index contributed by atoms with van der Waals surface area (Å²) in [6, 6.07) is 19.2. The van der Waals surface area contributed by atoms with Crippen LogP contribution in [0.15, 0.2) is 77.5 Å². The molecule has 0 aliphatic carbocycles. The van der Waals surface area contributed by atoms with Crippen molar-refractivity contribution < 1.29 is 4.79 Å². The highest BCUT2D eigenvalue weighted by atomic mass is 79.9. The Balaban J connectivity index is 1.68. The van der Waals surface area contributed by atoms with Crippen molar-refractivity contribution in [2.45, 2.75) is 13.1 Å². The van der Waals surface area contributed by atoms with Crippen molar-refractivity contribution in [3.05, 3.63) is 94.2 Å². The zero-order valence-electron chi connectivity index (χ0n) is 15.6. The van der Waals surface area contributed by atoms with Crippen LogP contribution in [0.5, 0.6) is 0 Å². The number of nitrogens with zero attached hydrogens (tertiary/aromatic N) is 2. The Hall–Kier alpha value is -3.09. The minimum Gasteiger partial charge on any atom is -0.348 e. The van der Waals surface area contributed by atoms with Gasteiger partial charge in [-0.15, -0.1) is 0 Å². The van der Waals surface area contributed by atoms with Gasteiger partial charge in [0.1, 0.15) is 0 Å². The molecule has 0 saturated heterocycles. The third kappa shape index (κ3) is 4.34. The molecule has 1 amide bonds. The van der Waals surface area contributed by atoms with Crippen LogP contribution in [0, 0.1) is 0 Å². The van der Waals surface area contributed by atoms with Crippen molar-refractivity contribution >= 4 is 32.7 Å². The van der Waals surface area contributed by atoms with E-state index in [2.05, 4.69) is 26.2 Å². The summed E-state index contributed by atoms with van der Waals surface area (Å²) < 4.78 is 0.896. The molecule has 0 aliphatic heterocycles. The van der Waals surface area contributed by atoms with Gasteiger partial charge in [-0.25, -0.2) is 4.98 Å². The Morgan fingerprint density at radius 3 is 2.55 bits per heavy atom. The molecule has 0 aliphatic rings. The second-order valence-electron chi connectivity index (χ2n) is 6.66. The average Bonchev–Trinajstić information content (AvgIpc) is 2.77. The molecule has 0 saturated carbocycles. The molecule has 3 N–H and O–H groups in total. The predicted molar refractivity (Wildman–Crippen MR) is 118 cm³/mol. The summed E-state index contributed by atoms with van der Waals surface area (Å²) in [6.07, 6.45) is 3.46. The van der Waals surface area contributed by atoms with E-state index in [-0.39, 0.29) is 5.91 Å². The van der Waals surface area contributed by atoms with E-state index in [9.17, 15) is 4.79 Å². The van der Waals surface area contributed by atoms with E-state index in [0.29, 0.717) is 24.3 Å². The lowest BCUT2D eigenvalue weighted by atomic mass is 10.0. The molecule has 2 heterocycles. The lowest BCUT2D eigenvalue weighted by Crippen LogP contribution is -2.23. The number of carbonyl (C=O) groups excluding carboxylic acids is 1. The number of nitrogens with one attached hydrogen (secondary N) is 1. The first-order valence-electron chi connectivity index (χ1n) is 9.21. The fourth-order valence-corrected chi connectivity index (χ4v) is 3.48. The maximum absolute atomic E-state index is 13.1. The molecule has 4 aromatic rings. The van der Waals surface area contributed by atoms with Crippen molar-refractivity contribution in [2.24, 2.45) is 5.73 Å². The highest BCUT2D eigenvalue weighted by Gasteiger charge is 2.14. The molecule has 0 fully saturated rings. The minimum atomic E-state index is -0.149. The van der Waals surface area contributed by atoms with E-state index < -0.39 is 0 Å². The number of hydrogen-bond acceptors (Lipinski definition) is 4. The molecule has 0 atom stereocenters. The van der Waals surface area contributed by atoms with Gasteiger partial charge in [-0.2, -0.15) is 0 Å². The van der Waals surface area contributed by atoms with Gasteiger partial charge < -0.3 is 11.1 Å². The molecule has 0 radical (unpaired) electrons. The van der Waals surface area contributed by atoms with Crippen molar-refractivity contribution in [3.8, 4) is 11.3 Å². The summed E-state index contributed by atoms with van der Waals surface area (Å²) in [5, 5.41) is 3.81. The maximum Gasteiger partial charge on any atom is 0.252 e. The monoisotopic (exact) mass is 446 g/mol. The standard InChI is InChI=1S/C23H19BrN4O/c24-18-7-8-21-19(10-18)20(11-22(28-21)17-2-1-9-26-14-17)23(29)27-13-16-5-3-15(12-25)4-6-16/h1-11,14H,12-13,25H2,(H,27,29). The van der Waals surface area contributed by atoms with E-state index in [1.54, 1.807) is 12.4 Å². The van der Waals surface area contributed by atoms with Gasteiger partial charge in [-0.05, 0) is 47.5 Å². The molecule has 144 valence electrons. The number of fused-ring (bicyclic) bond motifs is 1. The molecule has 0 bridgehead atoms. The van der Waals surface area contributed by atoms with E-state index in [4.69, 9.17) is 10.7 Å². The largest absolute Gasteiger partial charge is 0.348 e. The summed E-state index contributed by atoms with van der Waals surface area (Å²) in [7, 11) is 0. The molecule has 0 spiro atoms. The lowest BCUT2D eigenvalue weighted by Gasteiger charge is -2.11. The van der Waals surface area contributed by atoms with Crippen molar-refractivity contribution in [3.63, 3.8) is 0 Å². The van der Waals surface area contributed by atoms with E-state index >= 15 is 0 Å². The molecule has 2 aromatic carbocycles. The third-order valence-electron chi connectivity index (χ3n) is 4.68. The van der Waals surface area contributed by atoms with Gasteiger partial charge in [-0.1, -0.05) is 40.2 Å². The van der Waals surface area contributed by atoms with Crippen LogP contribution >= 0.6 is 15.9 Å². The molecule has 6 heteroatoms. The summed E-state index contributed by atoms with van der Waals surface area (Å²) in [5.74, 6) is -0.149. The number of amides is 1. The number of nitrogens with two attached hydrogens (primary N) is 1. The van der Waals surface area contributed by atoms with E-state index in [1.807, 2.05) is 60.7 Å². The summed E-state index contributed by atoms with van der Waals surface area (Å²) >= 11 is 3.49. The lowest BCUT2D eigenvalue weighted by molar-refractivity contribution is 0.0952. The van der Waals surface area contributed by atoms with Crippen molar-refractivity contribution in [1.29, 1.82) is 0 Å². The van der Waals surface area contributed by atoms with Gasteiger partial charge in [0.25, 0.3) is 5.91 Å². The van der Waals surface area contributed by atoms with Crippen LogP contribution in [0.3, 0.4) is 0 Å². The predicted octanol–water partition coefficient (Wildman–Crippen LogP) is 4.45. The summed E-state index contributed by atoms with van der Waals surface area (Å²) in [4.78, 5) is 21.9. The van der Waals surface area contributed by atoms with Crippen LogP contribution in [0.25, 0.3) is 22.2 Å². The van der Waals surface area contributed by atoms with Crippen molar-refractivity contribution in [2.75, 3.05) is 0 Å². The Bertz CT molecular complexity index is 1160. The highest BCUT2D eigenvalue weighted by molar-refractivity contribution is 9.10. The van der Waals surface area contributed by atoms with Gasteiger partial charge in [0.05, 0.1) is 16.8 Å². The van der Waals surface area contributed by atoms with Crippen LogP contribution in [-0.2, 0) is 13.1 Å². The van der Waals surface area contributed by atoms with Crippen LogP contribution in [0.2, 0.25) is 0 Å². The molecule has 29 heavy (non-hydrogen) atoms. The van der Waals surface area contributed by atoms with Crippen molar-refractivity contribution in [1.82, 2.24) is 15.3 Å². The zero-order chi connectivity index (χ0) is 20.2. The van der Waals surface area contributed by atoms with Gasteiger partial charge in [-0.3, -0.25) is 9.78 Å². The topological polar surface area (TPSA) is 80.9 Å². The number of halogens is 1. The average molecular weight is 447 g/mol.